The van der Waals surface area contributed by atoms with Gasteiger partial charge < -0.3 is 10.2 Å². The third kappa shape index (κ3) is 6.14. The van der Waals surface area contributed by atoms with E-state index in [0.717, 1.165) is 11.1 Å². The van der Waals surface area contributed by atoms with Crippen LogP contribution in [-0.2, 0) is 17.1 Å². The van der Waals surface area contributed by atoms with Crippen molar-refractivity contribution in [3.05, 3.63) is 106 Å². The molecule has 0 bridgehead atoms. The molecule has 1 atom stereocenters. The quantitative estimate of drug-likeness (QED) is 0.360. The predicted octanol–water partition coefficient (Wildman–Crippen LogP) is 5.92. The van der Waals surface area contributed by atoms with Gasteiger partial charge in [-0.3, -0.25) is 9.59 Å². The highest BCUT2D eigenvalue weighted by Gasteiger charge is 2.32. The molecular weight excluding hydrogens is 491 g/mol. The van der Waals surface area contributed by atoms with Crippen LogP contribution in [0.1, 0.15) is 32.4 Å². The molecule has 3 aromatic rings. The van der Waals surface area contributed by atoms with Gasteiger partial charge in [-0.1, -0.05) is 60.1 Å². The zero-order chi connectivity index (χ0) is 23.9. The van der Waals surface area contributed by atoms with E-state index in [0.29, 0.717) is 46.5 Å². The van der Waals surface area contributed by atoms with Crippen LogP contribution in [0.2, 0.25) is 5.02 Å². The Kier molecular flexibility index (Phi) is 8.53. The number of hydrogen-bond donors (Lipinski definition) is 1. The molecule has 4 nitrogen and oxygen atoms in total. The first-order chi connectivity index (χ1) is 16.5. The average Bonchev–Trinajstić information content (AvgIpc) is 3.21. The number of rotatable bonds is 9. The molecule has 176 valence electrons. The molecule has 1 N–H and O–H groups in total. The van der Waals surface area contributed by atoms with Crippen molar-refractivity contribution < 1.29 is 14.0 Å². The van der Waals surface area contributed by atoms with Crippen molar-refractivity contribution in [2.75, 3.05) is 18.1 Å². The van der Waals surface area contributed by atoms with Crippen LogP contribution >= 0.6 is 35.1 Å². The fourth-order valence-corrected chi connectivity index (χ4v) is 6.05. The molecule has 0 spiro atoms. The molecule has 1 saturated heterocycles. The molecule has 0 unspecified atom stereocenters. The van der Waals surface area contributed by atoms with Gasteiger partial charge in [-0.25, -0.2) is 4.39 Å². The van der Waals surface area contributed by atoms with Crippen LogP contribution in [0.4, 0.5) is 4.39 Å². The van der Waals surface area contributed by atoms with Crippen LogP contribution in [0.15, 0.2) is 72.8 Å². The monoisotopic (exact) mass is 514 g/mol. The van der Waals surface area contributed by atoms with Gasteiger partial charge in [-0.2, -0.15) is 11.8 Å². The van der Waals surface area contributed by atoms with E-state index in [1.165, 1.54) is 17.8 Å². The summed E-state index contributed by atoms with van der Waals surface area (Å²) in [5, 5.41) is 3.25. The minimum Gasteiger partial charge on any atom is -0.351 e. The molecule has 2 amide bonds. The van der Waals surface area contributed by atoms with Gasteiger partial charge in [-0.05, 0) is 35.4 Å². The number of benzene rings is 3. The summed E-state index contributed by atoms with van der Waals surface area (Å²) in [6, 6.07) is 22.0. The normalized spacial score (nSPS) is 15.5. The van der Waals surface area contributed by atoms with Crippen LogP contribution in [0.3, 0.4) is 0 Å². The molecule has 0 saturated carbocycles. The van der Waals surface area contributed by atoms with E-state index in [4.69, 9.17) is 11.6 Å². The molecule has 1 fully saturated rings. The summed E-state index contributed by atoms with van der Waals surface area (Å²) >= 11 is 9.16. The summed E-state index contributed by atoms with van der Waals surface area (Å²) in [6.45, 7) is 1.03. The van der Waals surface area contributed by atoms with E-state index >= 15 is 0 Å². The van der Waals surface area contributed by atoms with E-state index in [2.05, 4.69) is 5.32 Å². The first-order valence-corrected chi connectivity index (χ1v) is 13.4. The van der Waals surface area contributed by atoms with Crippen molar-refractivity contribution in [1.82, 2.24) is 10.2 Å². The molecule has 34 heavy (non-hydrogen) atoms. The van der Waals surface area contributed by atoms with Crippen LogP contribution in [0.5, 0.6) is 0 Å². The molecule has 3 aromatic carbocycles. The Hall–Kier alpha value is -2.48. The number of nitrogens with zero attached hydrogens (tertiary/aromatic N) is 1. The molecule has 0 aliphatic carbocycles. The van der Waals surface area contributed by atoms with Gasteiger partial charge in [0.1, 0.15) is 11.2 Å². The second kappa shape index (κ2) is 11.8. The van der Waals surface area contributed by atoms with E-state index in [1.807, 2.05) is 47.4 Å². The van der Waals surface area contributed by atoms with Gasteiger partial charge in [0.15, 0.2) is 0 Å². The Bertz CT molecular complexity index is 1130. The zero-order valence-electron chi connectivity index (χ0n) is 18.4. The van der Waals surface area contributed by atoms with Gasteiger partial charge in [0.25, 0.3) is 5.91 Å². The lowest BCUT2D eigenvalue weighted by Gasteiger charge is -2.24. The summed E-state index contributed by atoms with van der Waals surface area (Å²) in [5.41, 5.74) is 3.14. The molecule has 1 heterocycles. The van der Waals surface area contributed by atoms with Crippen LogP contribution < -0.4 is 5.32 Å². The van der Waals surface area contributed by atoms with Crippen molar-refractivity contribution in [3.63, 3.8) is 0 Å². The van der Waals surface area contributed by atoms with Crippen LogP contribution in [0.25, 0.3) is 0 Å². The molecule has 0 aromatic heterocycles. The second-order valence-electron chi connectivity index (χ2n) is 7.80. The Morgan fingerprint density at radius 3 is 2.59 bits per heavy atom. The Labute approximate surface area is 212 Å². The van der Waals surface area contributed by atoms with Crippen LogP contribution in [0, 0.1) is 5.82 Å². The number of thioether (sulfide) groups is 2. The van der Waals surface area contributed by atoms with E-state index < -0.39 is 0 Å². The molecular formula is C26H24ClFN2O2S2. The largest absolute Gasteiger partial charge is 0.351 e. The Morgan fingerprint density at radius 1 is 1.09 bits per heavy atom. The highest BCUT2D eigenvalue weighted by atomic mass is 35.5. The maximum absolute atomic E-state index is 13.8. The topological polar surface area (TPSA) is 49.4 Å². The second-order valence-corrected chi connectivity index (χ2v) is 10.4. The average molecular weight is 515 g/mol. The van der Waals surface area contributed by atoms with E-state index in [1.54, 1.807) is 36.0 Å². The van der Waals surface area contributed by atoms with Crippen LogP contribution in [-0.4, -0.2) is 34.8 Å². The van der Waals surface area contributed by atoms with Gasteiger partial charge in [0.2, 0.25) is 5.91 Å². The number of hydrogen-bond acceptors (Lipinski definition) is 4. The molecule has 1 aliphatic rings. The minimum atomic E-state index is -0.311. The van der Waals surface area contributed by atoms with Crippen molar-refractivity contribution in [2.24, 2.45) is 0 Å². The fourth-order valence-electron chi connectivity index (χ4n) is 3.66. The van der Waals surface area contributed by atoms with E-state index in [-0.39, 0.29) is 23.0 Å². The summed E-state index contributed by atoms with van der Waals surface area (Å²) < 4.78 is 13.8. The lowest BCUT2D eigenvalue weighted by atomic mass is 10.1. The SMILES string of the molecule is O=C(NCCSCc1c(F)cccc1Cl)c1ccc([C@@H]2SCC(=O)N2Cc2ccccc2)cc1. The molecule has 8 heteroatoms. The number of carbonyl (C=O) groups is 2. The van der Waals surface area contributed by atoms with Gasteiger partial charge in [-0.15, -0.1) is 11.8 Å². The van der Waals surface area contributed by atoms with Gasteiger partial charge in [0, 0.05) is 40.7 Å². The smallest absolute Gasteiger partial charge is 0.251 e. The molecule has 1 aliphatic heterocycles. The summed E-state index contributed by atoms with van der Waals surface area (Å²) in [5.74, 6) is 1.20. The van der Waals surface area contributed by atoms with Crippen molar-refractivity contribution in [1.29, 1.82) is 0 Å². The van der Waals surface area contributed by atoms with Crippen molar-refractivity contribution >= 4 is 46.9 Å². The van der Waals surface area contributed by atoms with Gasteiger partial charge >= 0.3 is 0 Å². The van der Waals surface area contributed by atoms with Crippen molar-refractivity contribution in [3.8, 4) is 0 Å². The van der Waals surface area contributed by atoms with E-state index in [9.17, 15) is 14.0 Å². The molecule has 4 rings (SSSR count). The van der Waals surface area contributed by atoms with Gasteiger partial charge in [0.05, 0.1) is 5.75 Å². The first kappa shape index (κ1) is 24.6. The molecule has 0 radical (unpaired) electrons. The lowest BCUT2D eigenvalue weighted by Crippen LogP contribution is -2.28. The summed E-state index contributed by atoms with van der Waals surface area (Å²) in [7, 11) is 0. The lowest BCUT2D eigenvalue weighted by molar-refractivity contribution is -0.128. The maximum Gasteiger partial charge on any atom is 0.251 e. The maximum atomic E-state index is 13.8. The fraction of sp³-hybridized carbons (Fsp3) is 0.231. The summed E-state index contributed by atoms with van der Waals surface area (Å²) in [4.78, 5) is 26.8. The minimum absolute atomic E-state index is 0.0635. The number of nitrogens with one attached hydrogen (secondary N) is 1. The highest BCUT2D eigenvalue weighted by Crippen LogP contribution is 2.39. The number of halogens is 2. The third-order valence-corrected chi connectivity index (χ3v) is 8.06. The summed E-state index contributed by atoms with van der Waals surface area (Å²) in [6.07, 6.45) is 0. The van der Waals surface area contributed by atoms with Crippen molar-refractivity contribution in [2.45, 2.75) is 17.7 Å². The standard InChI is InChI=1S/C26H24ClFN2O2S2/c27-22-7-4-8-23(28)21(22)16-33-14-13-29-25(32)19-9-11-20(12-10-19)26-30(24(31)17-34-26)15-18-5-2-1-3-6-18/h1-12,26H,13-17H2,(H,29,32)/t26-/m0/s1. The third-order valence-electron chi connectivity index (χ3n) is 5.46. The zero-order valence-corrected chi connectivity index (χ0v) is 20.8. The Morgan fingerprint density at radius 2 is 1.85 bits per heavy atom. The Balaban J connectivity index is 1.28. The highest BCUT2D eigenvalue weighted by molar-refractivity contribution is 8.00. The number of amides is 2. The predicted molar refractivity (Wildman–Crippen MR) is 139 cm³/mol. The number of carbonyl (C=O) groups excluding carboxylic acids is 2. The first-order valence-electron chi connectivity index (χ1n) is 10.9.